The van der Waals surface area contributed by atoms with Gasteiger partial charge in [-0.05, 0) is 32.2 Å². The third kappa shape index (κ3) is 4.35. The van der Waals surface area contributed by atoms with Gasteiger partial charge >= 0.3 is 0 Å². The Bertz CT molecular complexity index is 372. The standard InChI is InChI=1S/C13H22N4.2ClH/c1-16-10-14-7-13(16)9-17(12-4-5-12)8-11-3-2-6-15-11;;/h7,10-12,15H,2-6,8-9H2,1H3;2*1H. The summed E-state index contributed by atoms with van der Waals surface area (Å²) in [5, 5.41) is 3.60. The summed E-state index contributed by atoms with van der Waals surface area (Å²) >= 11 is 0. The van der Waals surface area contributed by atoms with Crippen LogP contribution in [0.3, 0.4) is 0 Å². The zero-order valence-corrected chi connectivity index (χ0v) is 13.1. The second-order valence-corrected chi connectivity index (χ2v) is 5.45. The van der Waals surface area contributed by atoms with Crippen LogP contribution in [0.1, 0.15) is 31.4 Å². The molecule has 0 aromatic carbocycles. The van der Waals surface area contributed by atoms with Crippen molar-refractivity contribution in [1.29, 1.82) is 0 Å². The first-order valence-corrected chi connectivity index (χ1v) is 6.75. The SMILES string of the molecule is Cl.Cl.Cn1cncc1CN(CC1CCCN1)C1CC1. The van der Waals surface area contributed by atoms with Crippen molar-refractivity contribution in [3.63, 3.8) is 0 Å². The lowest BCUT2D eigenvalue weighted by atomic mass is 10.2. The van der Waals surface area contributed by atoms with E-state index in [4.69, 9.17) is 0 Å². The van der Waals surface area contributed by atoms with Gasteiger partial charge in [0.15, 0.2) is 0 Å². The van der Waals surface area contributed by atoms with Gasteiger partial charge in [0.25, 0.3) is 0 Å². The lowest BCUT2D eigenvalue weighted by Crippen LogP contribution is -2.38. The van der Waals surface area contributed by atoms with Crippen LogP contribution in [-0.4, -0.2) is 39.6 Å². The molecule has 1 saturated carbocycles. The smallest absolute Gasteiger partial charge is 0.0945 e. The van der Waals surface area contributed by atoms with Gasteiger partial charge in [-0.25, -0.2) is 4.98 Å². The first-order valence-electron chi connectivity index (χ1n) is 6.75. The number of aryl methyl sites for hydroxylation is 1. The van der Waals surface area contributed by atoms with Crippen LogP contribution in [0.15, 0.2) is 12.5 Å². The molecule has 110 valence electrons. The Morgan fingerprint density at radius 1 is 1.37 bits per heavy atom. The lowest BCUT2D eigenvalue weighted by molar-refractivity contribution is 0.226. The number of halogens is 2. The number of imidazole rings is 1. The van der Waals surface area contributed by atoms with Crippen molar-refractivity contribution in [2.45, 2.75) is 44.3 Å². The number of rotatable bonds is 5. The minimum absolute atomic E-state index is 0. The fourth-order valence-corrected chi connectivity index (χ4v) is 2.72. The van der Waals surface area contributed by atoms with Crippen molar-refractivity contribution in [3.8, 4) is 0 Å². The van der Waals surface area contributed by atoms with Gasteiger partial charge in [0.2, 0.25) is 0 Å². The second-order valence-electron chi connectivity index (χ2n) is 5.45. The van der Waals surface area contributed by atoms with Crippen molar-refractivity contribution < 1.29 is 0 Å². The normalized spacial score (nSPS) is 22.1. The van der Waals surface area contributed by atoms with E-state index in [1.807, 2.05) is 12.5 Å². The molecule has 1 aliphatic heterocycles. The van der Waals surface area contributed by atoms with Crippen LogP contribution >= 0.6 is 24.8 Å². The molecule has 1 saturated heterocycles. The Kier molecular flexibility index (Phi) is 6.60. The van der Waals surface area contributed by atoms with Gasteiger partial charge in [-0.1, -0.05) is 0 Å². The van der Waals surface area contributed by atoms with E-state index in [0.29, 0.717) is 6.04 Å². The van der Waals surface area contributed by atoms with Gasteiger partial charge in [-0.15, -0.1) is 24.8 Å². The van der Waals surface area contributed by atoms with Crippen LogP contribution in [0.2, 0.25) is 0 Å². The maximum absolute atomic E-state index is 4.21. The Balaban J connectivity index is 0.000000902. The van der Waals surface area contributed by atoms with Gasteiger partial charge in [-0.3, -0.25) is 4.90 Å². The van der Waals surface area contributed by atoms with E-state index < -0.39 is 0 Å². The van der Waals surface area contributed by atoms with Crippen molar-refractivity contribution in [2.24, 2.45) is 7.05 Å². The largest absolute Gasteiger partial charge is 0.337 e. The van der Waals surface area contributed by atoms with Crippen LogP contribution in [-0.2, 0) is 13.6 Å². The predicted molar refractivity (Wildman–Crippen MR) is 82.2 cm³/mol. The van der Waals surface area contributed by atoms with Gasteiger partial charge in [0.1, 0.15) is 0 Å². The summed E-state index contributed by atoms with van der Waals surface area (Å²) in [4.78, 5) is 6.85. The summed E-state index contributed by atoms with van der Waals surface area (Å²) in [7, 11) is 2.08. The quantitative estimate of drug-likeness (QED) is 0.903. The van der Waals surface area contributed by atoms with Crippen molar-refractivity contribution >= 4 is 24.8 Å². The molecule has 6 heteroatoms. The Morgan fingerprint density at radius 3 is 2.68 bits per heavy atom. The summed E-state index contributed by atoms with van der Waals surface area (Å²) in [5.41, 5.74) is 1.33. The van der Waals surface area contributed by atoms with Gasteiger partial charge in [-0.2, -0.15) is 0 Å². The average Bonchev–Trinajstić information content (AvgIpc) is 2.91. The first-order chi connectivity index (χ1) is 8.33. The van der Waals surface area contributed by atoms with Crippen molar-refractivity contribution in [1.82, 2.24) is 19.8 Å². The van der Waals surface area contributed by atoms with E-state index in [2.05, 4.69) is 26.8 Å². The average molecular weight is 307 g/mol. The molecule has 3 rings (SSSR count). The molecule has 2 fully saturated rings. The summed E-state index contributed by atoms with van der Waals surface area (Å²) < 4.78 is 2.14. The van der Waals surface area contributed by atoms with Crippen LogP contribution < -0.4 is 5.32 Å². The fraction of sp³-hybridized carbons (Fsp3) is 0.769. The molecule has 0 amide bonds. The van der Waals surface area contributed by atoms with Gasteiger partial charge < -0.3 is 9.88 Å². The van der Waals surface area contributed by atoms with Crippen LogP contribution in [0.4, 0.5) is 0 Å². The highest BCUT2D eigenvalue weighted by Crippen LogP contribution is 2.29. The van der Waals surface area contributed by atoms with Gasteiger partial charge in [0.05, 0.1) is 12.0 Å². The zero-order valence-electron chi connectivity index (χ0n) is 11.4. The zero-order chi connectivity index (χ0) is 11.7. The minimum Gasteiger partial charge on any atom is -0.337 e. The van der Waals surface area contributed by atoms with E-state index in [1.165, 1.54) is 44.5 Å². The molecular formula is C13H24Cl2N4. The highest BCUT2D eigenvalue weighted by atomic mass is 35.5. The molecule has 1 aromatic heterocycles. The fourth-order valence-electron chi connectivity index (χ4n) is 2.72. The Morgan fingerprint density at radius 2 is 2.16 bits per heavy atom. The van der Waals surface area contributed by atoms with Crippen LogP contribution in [0, 0.1) is 0 Å². The second kappa shape index (κ2) is 7.48. The number of aromatic nitrogens is 2. The summed E-state index contributed by atoms with van der Waals surface area (Å²) in [5.74, 6) is 0. The minimum atomic E-state index is 0. The molecule has 1 atom stereocenters. The van der Waals surface area contributed by atoms with Gasteiger partial charge in [0, 0.05) is 38.4 Å². The van der Waals surface area contributed by atoms with Crippen molar-refractivity contribution in [2.75, 3.05) is 13.1 Å². The number of hydrogen-bond acceptors (Lipinski definition) is 3. The highest BCUT2D eigenvalue weighted by Gasteiger charge is 2.31. The molecule has 0 radical (unpaired) electrons. The molecule has 4 nitrogen and oxygen atoms in total. The number of nitrogens with zero attached hydrogens (tertiary/aromatic N) is 3. The third-order valence-electron chi connectivity index (χ3n) is 3.96. The van der Waals surface area contributed by atoms with E-state index in [1.54, 1.807) is 0 Å². The molecule has 2 aliphatic rings. The number of nitrogens with one attached hydrogen (secondary N) is 1. The van der Waals surface area contributed by atoms with E-state index in [9.17, 15) is 0 Å². The molecule has 0 spiro atoms. The maximum atomic E-state index is 4.21. The highest BCUT2D eigenvalue weighted by molar-refractivity contribution is 5.85. The topological polar surface area (TPSA) is 33.1 Å². The summed E-state index contributed by atoms with van der Waals surface area (Å²) in [6.07, 6.45) is 9.34. The Labute approximate surface area is 127 Å². The predicted octanol–water partition coefficient (Wildman–Crippen LogP) is 1.98. The third-order valence-corrected chi connectivity index (χ3v) is 3.96. The number of hydrogen-bond donors (Lipinski definition) is 1. The summed E-state index contributed by atoms with van der Waals surface area (Å²) in [6.45, 7) is 3.46. The van der Waals surface area contributed by atoms with Crippen LogP contribution in [0.5, 0.6) is 0 Å². The molecule has 2 heterocycles. The molecule has 1 N–H and O–H groups in total. The molecule has 1 unspecified atom stereocenters. The molecule has 1 aliphatic carbocycles. The summed E-state index contributed by atoms with van der Waals surface area (Å²) in [6, 6.07) is 1.54. The van der Waals surface area contributed by atoms with E-state index >= 15 is 0 Å². The van der Waals surface area contributed by atoms with E-state index in [-0.39, 0.29) is 24.8 Å². The van der Waals surface area contributed by atoms with E-state index in [0.717, 1.165) is 12.6 Å². The molecule has 19 heavy (non-hydrogen) atoms. The molecular weight excluding hydrogens is 283 g/mol. The maximum Gasteiger partial charge on any atom is 0.0945 e. The van der Waals surface area contributed by atoms with Crippen molar-refractivity contribution in [3.05, 3.63) is 18.2 Å². The molecule has 0 bridgehead atoms. The van der Waals surface area contributed by atoms with Crippen LogP contribution in [0.25, 0.3) is 0 Å². The Hall–Kier alpha value is -0.290. The lowest BCUT2D eigenvalue weighted by Gasteiger charge is -2.25. The first kappa shape index (κ1) is 16.8. The molecule has 1 aromatic rings. The monoisotopic (exact) mass is 306 g/mol.